The van der Waals surface area contributed by atoms with Crippen LogP contribution in [0.25, 0.3) is 0 Å². The number of amides is 1. The van der Waals surface area contributed by atoms with Gasteiger partial charge in [0.1, 0.15) is 32.7 Å². The highest BCUT2D eigenvalue weighted by molar-refractivity contribution is 9.11. The molecular formula is C19H26BrN3OS+2. The summed E-state index contributed by atoms with van der Waals surface area (Å²) in [5.41, 5.74) is 0.964. The van der Waals surface area contributed by atoms with Crippen molar-refractivity contribution in [1.29, 1.82) is 0 Å². The van der Waals surface area contributed by atoms with Crippen molar-refractivity contribution in [3.63, 3.8) is 0 Å². The van der Waals surface area contributed by atoms with E-state index in [0.717, 1.165) is 38.4 Å². The highest BCUT2D eigenvalue weighted by atomic mass is 79.9. The van der Waals surface area contributed by atoms with Crippen LogP contribution in [0, 0.1) is 0 Å². The lowest BCUT2D eigenvalue weighted by Gasteiger charge is -2.33. The Labute approximate surface area is 162 Å². The molecule has 1 atom stereocenters. The number of carbonyl (C=O) groups is 1. The molecule has 1 aliphatic rings. The van der Waals surface area contributed by atoms with Gasteiger partial charge < -0.3 is 14.7 Å². The van der Waals surface area contributed by atoms with Crippen LogP contribution in [0.3, 0.4) is 0 Å². The molecule has 134 valence electrons. The van der Waals surface area contributed by atoms with Crippen molar-refractivity contribution in [3.05, 3.63) is 51.1 Å². The van der Waals surface area contributed by atoms with E-state index >= 15 is 0 Å². The third-order valence-corrected chi connectivity index (χ3v) is 6.73. The lowest BCUT2D eigenvalue weighted by atomic mass is 10.2. The number of rotatable bonds is 5. The molecule has 2 heterocycles. The zero-order valence-electron chi connectivity index (χ0n) is 14.8. The van der Waals surface area contributed by atoms with Gasteiger partial charge in [0.15, 0.2) is 6.04 Å². The first-order chi connectivity index (χ1) is 12.0. The van der Waals surface area contributed by atoms with E-state index in [2.05, 4.69) is 35.0 Å². The lowest BCUT2D eigenvalue weighted by Crippen LogP contribution is -3.29. The Morgan fingerprint density at radius 2 is 1.84 bits per heavy atom. The van der Waals surface area contributed by atoms with Crippen LogP contribution in [-0.2, 0) is 11.3 Å². The Kier molecular flexibility index (Phi) is 6.28. The molecule has 0 radical (unpaired) electrons. The number of hydrogen-bond donors (Lipinski definition) is 2. The smallest absolute Gasteiger partial charge is 0.284 e. The summed E-state index contributed by atoms with van der Waals surface area (Å²) in [4.78, 5) is 19.1. The molecule has 1 aromatic heterocycles. The minimum Gasteiger partial charge on any atom is -0.321 e. The average Bonchev–Trinajstić information content (AvgIpc) is 3.06. The Morgan fingerprint density at radius 3 is 2.44 bits per heavy atom. The molecule has 1 saturated heterocycles. The van der Waals surface area contributed by atoms with Gasteiger partial charge in [-0.05, 0) is 47.1 Å². The Bertz CT molecular complexity index is 698. The summed E-state index contributed by atoms with van der Waals surface area (Å²) in [5.74, 6) is 0.201. The molecule has 2 aromatic rings. The van der Waals surface area contributed by atoms with E-state index in [4.69, 9.17) is 0 Å². The second kappa shape index (κ2) is 8.45. The third-order valence-electron chi connectivity index (χ3n) is 5.11. The summed E-state index contributed by atoms with van der Waals surface area (Å²) < 4.78 is 1.20. The maximum atomic E-state index is 12.8. The minimum atomic E-state index is 0.00244. The summed E-state index contributed by atoms with van der Waals surface area (Å²) in [5, 5.41) is 0. The second-order valence-electron chi connectivity index (χ2n) is 6.75. The molecule has 4 nitrogen and oxygen atoms in total. The summed E-state index contributed by atoms with van der Waals surface area (Å²) in [6, 6.07) is 14.2. The molecule has 6 heteroatoms. The first kappa shape index (κ1) is 18.6. The van der Waals surface area contributed by atoms with E-state index in [9.17, 15) is 4.79 Å². The fraction of sp³-hybridized carbons (Fsp3) is 0.421. The maximum absolute atomic E-state index is 12.8. The van der Waals surface area contributed by atoms with Crippen molar-refractivity contribution in [1.82, 2.24) is 0 Å². The van der Waals surface area contributed by atoms with Crippen molar-refractivity contribution in [2.75, 3.05) is 38.1 Å². The van der Waals surface area contributed by atoms with Crippen molar-refractivity contribution in [3.8, 4) is 0 Å². The molecule has 1 aromatic carbocycles. The van der Waals surface area contributed by atoms with Gasteiger partial charge >= 0.3 is 0 Å². The highest BCUT2D eigenvalue weighted by Crippen LogP contribution is 2.21. The molecule has 0 unspecified atom stereocenters. The van der Waals surface area contributed by atoms with Gasteiger partial charge in [0.25, 0.3) is 5.91 Å². The zero-order chi connectivity index (χ0) is 17.8. The van der Waals surface area contributed by atoms with Crippen LogP contribution in [0.4, 0.5) is 5.69 Å². The molecule has 0 aliphatic carbocycles. The largest absolute Gasteiger partial charge is 0.321 e. The molecule has 1 aliphatic heterocycles. The van der Waals surface area contributed by atoms with Gasteiger partial charge in [-0.25, -0.2) is 0 Å². The maximum Gasteiger partial charge on any atom is 0.284 e. The zero-order valence-corrected chi connectivity index (χ0v) is 17.2. The normalized spacial score (nSPS) is 21.7. The topological polar surface area (TPSA) is 29.2 Å². The van der Waals surface area contributed by atoms with E-state index in [1.54, 1.807) is 9.80 Å². The molecule has 2 N–H and O–H groups in total. The quantitative estimate of drug-likeness (QED) is 0.732. The van der Waals surface area contributed by atoms with Crippen LogP contribution >= 0.6 is 27.3 Å². The number of benzene rings is 1. The predicted octanol–water partition coefficient (Wildman–Crippen LogP) is 0.846. The second-order valence-corrected chi connectivity index (χ2v) is 9.29. The van der Waals surface area contributed by atoms with E-state index in [0.29, 0.717) is 0 Å². The van der Waals surface area contributed by atoms with Crippen molar-refractivity contribution in [2.24, 2.45) is 0 Å². The van der Waals surface area contributed by atoms with Crippen LogP contribution < -0.4 is 14.7 Å². The molecule has 3 rings (SSSR count). The van der Waals surface area contributed by atoms with Gasteiger partial charge in [0, 0.05) is 12.7 Å². The lowest BCUT2D eigenvalue weighted by molar-refractivity contribution is -1.02. The standard InChI is InChI=1S/C19H24BrN3OS/c1-15(19(24)21(2)16-6-4-3-5-7-16)23-12-10-22(11-13-23)14-17-8-9-18(20)25-17/h3-9,15H,10-14H2,1-2H3/p+2/t15-/m1/s1. The number of halogens is 1. The van der Waals surface area contributed by atoms with Gasteiger partial charge in [0.2, 0.25) is 0 Å². The van der Waals surface area contributed by atoms with Gasteiger partial charge in [0.05, 0.1) is 8.66 Å². The first-order valence-electron chi connectivity index (χ1n) is 8.79. The summed E-state index contributed by atoms with van der Waals surface area (Å²) in [6.07, 6.45) is 0. The van der Waals surface area contributed by atoms with Crippen molar-refractivity contribution in [2.45, 2.75) is 19.5 Å². The number of quaternary nitrogens is 2. The summed E-state index contributed by atoms with van der Waals surface area (Å²) >= 11 is 5.36. The van der Waals surface area contributed by atoms with Crippen LogP contribution in [-0.4, -0.2) is 45.2 Å². The SMILES string of the molecule is C[C@H](C(=O)N(C)c1ccccc1)[NH+]1CC[NH+](Cc2ccc(Br)s2)CC1. The number of piperazine rings is 1. The van der Waals surface area contributed by atoms with Crippen LogP contribution in [0.1, 0.15) is 11.8 Å². The summed E-state index contributed by atoms with van der Waals surface area (Å²) in [6.45, 7) is 7.51. The fourth-order valence-electron chi connectivity index (χ4n) is 3.47. The van der Waals surface area contributed by atoms with Crippen molar-refractivity contribution >= 4 is 38.9 Å². The van der Waals surface area contributed by atoms with Gasteiger partial charge in [-0.1, -0.05) is 18.2 Å². The molecular weight excluding hydrogens is 398 g/mol. The van der Waals surface area contributed by atoms with Crippen LogP contribution in [0.2, 0.25) is 0 Å². The average molecular weight is 424 g/mol. The van der Waals surface area contributed by atoms with E-state index < -0.39 is 0 Å². The van der Waals surface area contributed by atoms with E-state index in [1.165, 1.54) is 13.6 Å². The molecule has 25 heavy (non-hydrogen) atoms. The number of para-hydroxylation sites is 1. The molecule has 0 saturated carbocycles. The fourth-order valence-corrected chi connectivity index (χ4v) is 5.03. The summed E-state index contributed by atoms with van der Waals surface area (Å²) in [7, 11) is 1.88. The monoisotopic (exact) mass is 423 g/mol. The van der Waals surface area contributed by atoms with E-state index in [1.807, 2.05) is 48.7 Å². The number of nitrogens with one attached hydrogen (secondary N) is 2. The van der Waals surface area contributed by atoms with Gasteiger partial charge in [-0.3, -0.25) is 4.79 Å². The predicted molar refractivity (Wildman–Crippen MR) is 106 cm³/mol. The minimum absolute atomic E-state index is 0.00244. The number of likely N-dealkylation sites (N-methyl/N-ethyl adjacent to an activating group) is 1. The number of thiophene rings is 1. The molecule has 1 fully saturated rings. The van der Waals surface area contributed by atoms with Gasteiger partial charge in [-0.15, -0.1) is 11.3 Å². The molecule has 0 bridgehead atoms. The number of hydrogen-bond acceptors (Lipinski definition) is 2. The molecule has 0 spiro atoms. The number of anilines is 1. The number of carbonyl (C=O) groups excluding carboxylic acids is 1. The first-order valence-corrected chi connectivity index (χ1v) is 10.4. The molecule has 1 amide bonds. The Balaban J connectivity index is 1.52. The van der Waals surface area contributed by atoms with Crippen molar-refractivity contribution < 1.29 is 14.6 Å². The van der Waals surface area contributed by atoms with E-state index in [-0.39, 0.29) is 11.9 Å². The van der Waals surface area contributed by atoms with Gasteiger partial charge in [-0.2, -0.15) is 0 Å². The van der Waals surface area contributed by atoms with Crippen LogP contribution in [0.15, 0.2) is 46.3 Å². The highest BCUT2D eigenvalue weighted by Gasteiger charge is 2.33. The Hall–Kier alpha value is -1.21. The number of nitrogens with zero attached hydrogens (tertiary/aromatic N) is 1. The Morgan fingerprint density at radius 1 is 1.16 bits per heavy atom. The van der Waals surface area contributed by atoms with Crippen LogP contribution in [0.5, 0.6) is 0 Å². The third kappa shape index (κ3) is 4.70.